The number of rotatable bonds is 3. The molecule has 1 atom stereocenters. The molecule has 0 bridgehead atoms. The molecular formula is C14H16N2O4. The van der Waals surface area contributed by atoms with Crippen LogP contribution in [-0.2, 0) is 4.79 Å². The smallest absolute Gasteiger partial charge is 0.335 e. The van der Waals surface area contributed by atoms with Crippen LogP contribution in [-0.4, -0.2) is 40.4 Å². The van der Waals surface area contributed by atoms with Crippen molar-refractivity contribution in [1.29, 1.82) is 0 Å². The third kappa shape index (κ3) is 2.79. The van der Waals surface area contributed by atoms with Crippen molar-refractivity contribution in [1.82, 2.24) is 4.90 Å². The number of amides is 2. The van der Waals surface area contributed by atoms with Gasteiger partial charge in [0, 0.05) is 12.1 Å². The number of likely N-dealkylation sites (tertiary alicyclic amines) is 1. The number of nitrogens with zero attached hydrogens (tertiary/aromatic N) is 1. The minimum atomic E-state index is -1.09. The van der Waals surface area contributed by atoms with Gasteiger partial charge in [-0.15, -0.1) is 0 Å². The first-order valence-corrected chi connectivity index (χ1v) is 6.44. The molecule has 1 aromatic carbocycles. The minimum absolute atomic E-state index is 0.0449. The molecule has 20 heavy (non-hydrogen) atoms. The Balaban J connectivity index is 2.27. The highest BCUT2D eigenvalue weighted by Gasteiger charge is 2.31. The lowest BCUT2D eigenvalue weighted by Gasteiger charge is -2.33. The predicted molar refractivity (Wildman–Crippen MR) is 71.3 cm³/mol. The molecule has 6 heteroatoms. The number of hydrogen-bond donors (Lipinski definition) is 2. The Morgan fingerprint density at radius 1 is 1.20 bits per heavy atom. The zero-order valence-corrected chi connectivity index (χ0v) is 10.9. The van der Waals surface area contributed by atoms with Crippen molar-refractivity contribution in [2.45, 2.75) is 25.3 Å². The van der Waals surface area contributed by atoms with Gasteiger partial charge < -0.3 is 15.7 Å². The Bertz CT molecular complexity index is 556. The second-order valence-corrected chi connectivity index (χ2v) is 4.80. The first kappa shape index (κ1) is 14.0. The van der Waals surface area contributed by atoms with Crippen molar-refractivity contribution in [2.24, 2.45) is 5.73 Å². The topological polar surface area (TPSA) is 101 Å². The molecule has 0 aliphatic carbocycles. The van der Waals surface area contributed by atoms with Gasteiger partial charge in [-0.25, -0.2) is 4.79 Å². The van der Waals surface area contributed by atoms with Crippen molar-refractivity contribution in [3.8, 4) is 0 Å². The van der Waals surface area contributed by atoms with Gasteiger partial charge in [0.05, 0.1) is 5.56 Å². The van der Waals surface area contributed by atoms with Crippen LogP contribution >= 0.6 is 0 Å². The Morgan fingerprint density at radius 2 is 1.90 bits per heavy atom. The van der Waals surface area contributed by atoms with E-state index in [4.69, 9.17) is 10.8 Å². The number of benzene rings is 1. The van der Waals surface area contributed by atoms with Crippen molar-refractivity contribution < 1.29 is 19.5 Å². The van der Waals surface area contributed by atoms with Crippen LogP contribution < -0.4 is 5.73 Å². The molecule has 6 nitrogen and oxygen atoms in total. The van der Waals surface area contributed by atoms with Crippen LogP contribution in [0.15, 0.2) is 24.3 Å². The highest BCUT2D eigenvalue weighted by atomic mass is 16.4. The highest BCUT2D eigenvalue weighted by molar-refractivity contribution is 5.99. The predicted octanol–water partition coefficient (Wildman–Crippen LogP) is 0.865. The quantitative estimate of drug-likeness (QED) is 0.855. The summed E-state index contributed by atoms with van der Waals surface area (Å²) in [5.74, 6) is -1.96. The zero-order valence-electron chi connectivity index (χ0n) is 10.9. The van der Waals surface area contributed by atoms with Gasteiger partial charge in [0.2, 0.25) is 5.91 Å². The van der Waals surface area contributed by atoms with E-state index < -0.39 is 17.9 Å². The molecule has 0 aromatic heterocycles. The summed E-state index contributed by atoms with van der Waals surface area (Å²) in [6, 6.07) is 5.18. The first-order chi connectivity index (χ1) is 9.50. The fourth-order valence-corrected chi connectivity index (χ4v) is 2.42. The van der Waals surface area contributed by atoms with Crippen molar-refractivity contribution >= 4 is 17.8 Å². The Hall–Kier alpha value is -2.37. The summed E-state index contributed by atoms with van der Waals surface area (Å²) in [6.07, 6.45) is 2.22. The number of carbonyl (C=O) groups is 3. The lowest BCUT2D eigenvalue weighted by Crippen LogP contribution is -2.50. The molecule has 1 fully saturated rings. The van der Waals surface area contributed by atoms with Gasteiger partial charge in [-0.3, -0.25) is 9.59 Å². The number of piperidine rings is 1. The molecule has 0 spiro atoms. The van der Waals surface area contributed by atoms with Crippen LogP contribution in [0.3, 0.4) is 0 Å². The highest BCUT2D eigenvalue weighted by Crippen LogP contribution is 2.20. The fourth-order valence-electron chi connectivity index (χ4n) is 2.42. The maximum Gasteiger partial charge on any atom is 0.335 e. The van der Waals surface area contributed by atoms with Crippen molar-refractivity contribution in [3.05, 3.63) is 35.4 Å². The SMILES string of the molecule is NC(=O)C1CCCCN1C(=O)c1cccc(C(=O)O)c1. The van der Waals surface area contributed by atoms with Crippen molar-refractivity contribution in [3.63, 3.8) is 0 Å². The van der Waals surface area contributed by atoms with Gasteiger partial charge in [-0.1, -0.05) is 6.07 Å². The monoisotopic (exact) mass is 276 g/mol. The van der Waals surface area contributed by atoms with Crippen LogP contribution in [0.4, 0.5) is 0 Å². The van der Waals surface area contributed by atoms with Gasteiger partial charge in [0.1, 0.15) is 6.04 Å². The summed E-state index contributed by atoms with van der Waals surface area (Å²) in [5.41, 5.74) is 5.63. The molecule has 2 rings (SSSR count). The number of aromatic carboxylic acids is 1. The minimum Gasteiger partial charge on any atom is -0.478 e. The number of carbonyl (C=O) groups excluding carboxylic acids is 2. The molecule has 1 aliphatic rings. The van der Waals surface area contributed by atoms with Gasteiger partial charge in [-0.05, 0) is 37.5 Å². The normalized spacial score (nSPS) is 18.6. The summed E-state index contributed by atoms with van der Waals surface area (Å²) in [4.78, 5) is 36.2. The van der Waals surface area contributed by atoms with Gasteiger partial charge in [0.15, 0.2) is 0 Å². The number of hydrogen-bond acceptors (Lipinski definition) is 3. The van der Waals surface area contributed by atoms with Gasteiger partial charge in [0.25, 0.3) is 5.91 Å². The van der Waals surface area contributed by atoms with Crippen LogP contribution in [0.5, 0.6) is 0 Å². The van der Waals surface area contributed by atoms with E-state index in [1.165, 1.54) is 23.1 Å². The maximum absolute atomic E-state index is 12.4. The summed E-state index contributed by atoms with van der Waals surface area (Å²) in [5, 5.41) is 8.94. The second kappa shape index (κ2) is 5.73. The first-order valence-electron chi connectivity index (χ1n) is 6.44. The molecule has 1 heterocycles. The molecule has 2 amide bonds. The van der Waals surface area contributed by atoms with Crippen molar-refractivity contribution in [2.75, 3.05) is 6.54 Å². The van der Waals surface area contributed by atoms with E-state index in [2.05, 4.69) is 0 Å². The lowest BCUT2D eigenvalue weighted by molar-refractivity contribution is -0.123. The largest absolute Gasteiger partial charge is 0.478 e. The molecule has 1 aliphatic heterocycles. The summed E-state index contributed by atoms with van der Waals surface area (Å²) in [6.45, 7) is 0.462. The number of carboxylic acid groups (broad SMARTS) is 1. The third-order valence-corrected chi connectivity index (χ3v) is 3.45. The summed E-state index contributed by atoms with van der Waals surface area (Å²) < 4.78 is 0. The molecule has 1 saturated heterocycles. The summed E-state index contributed by atoms with van der Waals surface area (Å²) >= 11 is 0. The van der Waals surface area contributed by atoms with Crippen LogP contribution in [0, 0.1) is 0 Å². The van der Waals surface area contributed by atoms with Gasteiger partial charge in [-0.2, -0.15) is 0 Å². The molecule has 1 aromatic rings. The molecular weight excluding hydrogens is 260 g/mol. The number of carboxylic acids is 1. The van der Waals surface area contributed by atoms with Crippen LogP contribution in [0.2, 0.25) is 0 Å². The molecule has 0 radical (unpaired) electrons. The molecule has 106 valence electrons. The Kier molecular flexibility index (Phi) is 4.02. The molecule has 3 N–H and O–H groups in total. The van der Waals surface area contributed by atoms with E-state index in [0.29, 0.717) is 13.0 Å². The van der Waals surface area contributed by atoms with E-state index >= 15 is 0 Å². The Morgan fingerprint density at radius 3 is 2.55 bits per heavy atom. The average molecular weight is 276 g/mol. The average Bonchev–Trinajstić information content (AvgIpc) is 2.46. The number of nitrogens with two attached hydrogens (primary N) is 1. The van der Waals surface area contributed by atoms with E-state index in [1.54, 1.807) is 6.07 Å². The molecule has 1 unspecified atom stereocenters. The van der Waals surface area contributed by atoms with E-state index in [9.17, 15) is 14.4 Å². The third-order valence-electron chi connectivity index (χ3n) is 3.45. The lowest BCUT2D eigenvalue weighted by atomic mass is 10.00. The van der Waals surface area contributed by atoms with E-state index in [-0.39, 0.29) is 17.0 Å². The van der Waals surface area contributed by atoms with Gasteiger partial charge >= 0.3 is 5.97 Å². The molecule has 0 saturated carbocycles. The Labute approximate surface area is 116 Å². The van der Waals surface area contributed by atoms with E-state index in [0.717, 1.165) is 12.8 Å². The van der Waals surface area contributed by atoms with Crippen LogP contribution in [0.1, 0.15) is 40.0 Å². The van der Waals surface area contributed by atoms with Crippen LogP contribution in [0.25, 0.3) is 0 Å². The fraction of sp³-hybridized carbons (Fsp3) is 0.357. The standard InChI is InChI=1S/C14H16N2O4/c15-12(17)11-6-1-2-7-16(11)13(18)9-4-3-5-10(8-9)14(19)20/h3-5,8,11H,1-2,6-7H2,(H2,15,17)(H,19,20). The maximum atomic E-state index is 12.4. The van der Waals surface area contributed by atoms with E-state index in [1.807, 2.05) is 0 Å². The number of primary amides is 1. The summed E-state index contributed by atoms with van der Waals surface area (Å²) in [7, 11) is 0. The second-order valence-electron chi connectivity index (χ2n) is 4.80. The zero-order chi connectivity index (χ0) is 14.7.